The molecule has 0 bridgehead atoms. The van der Waals surface area contributed by atoms with E-state index in [0.29, 0.717) is 35.1 Å². The minimum Gasteiger partial charge on any atom is -0.378 e. The van der Waals surface area contributed by atoms with Crippen LogP contribution in [-0.2, 0) is 7.05 Å². The number of para-hydroxylation sites is 1. The van der Waals surface area contributed by atoms with E-state index in [-0.39, 0.29) is 0 Å². The Bertz CT molecular complexity index is 1020. The van der Waals surface area contributed by atoms with E-state index < -0.39 is 16.2 Å². The molecule has 1 fully saturated rings. The van der Waals surface area contributed by atoms with Crippen molar-refractivity contribution >= 4 is 22.3 Å². The summed E-state index contributed by atoms with van der Waals surface area (Å²) in [7, 11) is 1.56. The maximum absolute atomic E-state index is 12.5. The predicted octanol–water partition coefficient (Wildman–Crippen LogP) is 2.71. The van der Waals surface area contributed by atoms with Gasteiger partial charge in [0.05, 0.1) is 16.8 Å². The van der Waals surface area contributed by atoms with Crippen molar-refractivity contribution in [3.8, 4) is 0 Å². The Morgan fingerprint density at radius 2 is 2.12 bits per heavy atom. The molecule has 0 aliphatic heterocycles. The number of pyridine rings is 1. The fraction of sp³-hybridized carbons (Fsp3) is 0.333. The first-order chi connectivity index (χ1) is 12.6. The van der Waals surface area contributed by atoms with Crippen molar-refractivity contribution in [1.82, 2.24) is 14.1 Å². The van der Waals surface area contributed by atoms with Crippen molar-refractivity contribution in [2.75, 3.05) is 11.9 Å². The Morgan fingerprint density at radius 1 is 1.35 bits per heavy atom. The lowest BCUT2D eigenvalue weighted by Crippen LogP contribution is -2.32. The molecule has 2 aromatic heterocycles. The molecule has 0 radical (unpaired) electrons. The van der Waals surface area contributed by atoms with E-state index in [1.165, 1.54) is 4.57 Å². The molecule has 1 saturated carbocycles. The molecule has 0 amide bonds. The highest BCUT2D eigenvalue weighted by atomic mass is 16.6. The minimum atomic E-state index is -0.596. The van der Waals surface area contributed by atoms with Crippen molar-refractivity contribution < 1.29 is 4.92 Å². The standard InChI is InChI=1S/C18H19N5O3/c1-21-15-5-3-2-4-14(15)16(17(18(21)24)23(25)26)20-10-12-8-13(9-12)22-7-6-19-11-22/h2-7,11-13,20H,8-10H2,1H3. The van der Waals surface area contributed by atoms with E-state index in [2.05, 4.69) is 14.9 Å². The van der Waals surface area contributed by atoms with Crippen molar-refractivity contribution in [3.63, 3.8) is 0 Å². The Hall–Kier alpha value is -3.16. The second-order valence-electron chi connectivity index (χ2n) is 6.74. The van der Waals surface area contributed by atoms with Gasteiger partial charge in [0, 0.05) is 37.4 Å². The van der Waals surface area contributed by atoms with Crippen molar-refractivity contribution in [2.24, 2.45) is 13.0 Å². The van der Waals surface area contributed by atoms with Gasteiger partial charge in [0.15, 0.2) is 0 Å². The van der Waals surface area contributed by atoms with Crippen molar-refractivity contribution in [1.29, 1.82) is 0 Å². The largest absolute Gasteiger partial charge is 0.378 e. The van der Waals surface area contributed by atoms with Gasteiger partial charge < -0.3 is 14.5 Å². The first-order valence-electron chi connectivity index (χ1n) is 8.53. The third kappa shape index (κ3) is 2.63. The molecule has 1 aliphatic carbocycles. The number of fused-ring (bicyclic) bond motifs is 1. The molecule has 0 saturated heterocycles. The zero-order chi connectivity index (χ0) is 18.3. The SMILES string of the molecule is Cn1c(=O)c([N+](=O)[O-])c(NCC2CC(n3ccnc3)C2)c2ccccc21. The molecule has 1 aliphatic rings. The molecule has 3 aromatic rings. The van der Waals surface area contributed by atoms with Crippen LogP contribution in [0.5, 0.6) is 0 Å². The van der Waals surface area contributed by atoms with Crippen LogP contribution in [0.2, 0.25) is 0 Å². The normalized spacial score (nSPS) is 19.3. The van der Waals surface area contributed by atoms with Gasteiger partial charge in [0.1, 0.15) is 5.69 Å². The summed E-state index contributed by atoms with van der Waals surface area (Å²) in [6.07, 6.45) is 7.50. The van der Waals surface area contributed by atoms with Crippen LogP contribution in [0.15, 0.2) is 47.8 Å². The number of aryl methyl sites for hydroxylation is 1. The van der Waals surface area contributed by atoms with Gasteiger partial charge in [-0.05, 0) is 24.8 Å². The zero-order valence-electron chi connectivity index (χ0n) is 14.3. The quantitative estimate of drug-likeness (QED) is 0.562. The number of hydrogen-bond donors (Lipinski definition) is 1. The van der Waals surface area contributed by atoms with Crippen LogP contribution in [0.1, 0.15) is 18.9 Å². The van der Waals surface area contributed by atoms with E-state index in [1.807, 2.05) is 24.7 Å². The third-order valence-electron chi connectivity index (χ3n) is 5.19. The summed E-state index contributed by atoms with van der Waals surface area (Å²) < 4.78 is 3.42. The molecule has 8 nitrogen and oxygen atoms in total. The lowest BCUT2D eigenvalue weighted by molar-refractivity contribution is -0.385. The number of benzene rings is 1. The molecule has 1 N–H and O–H groups in total. The second-order valence-corrected chi connectivity index (χ2v) is 6.74. The number of nitrogens with zero attached hydrogens (tertiary/aromatic N) is 4. The first kappa shape index (κ1) is 16.3. The minimum absolute atomic E-state index is 0.319. The molecule has 0 unspecified atom stereocenters. The lowest BCUT2D eigenvalue weighted by atomic mass is 9.80. The van der Waals surface area contributed by atoms with E-state index in [1.54, 1.807) is 25.4 Å². The van der Waals surface area contributed by atoms with E-state index in [0.717, 1.165) is 12.8 Å². The van der Waals surface area contributed by atoms with Crippen LogP contribution in [-0.4, -0.2) is 25.6 Å². The number of rotatable bonds is 5. The molecule has 8 heteroatoms. The van der Waals surface area contributed by atoms with Gasteiger partial charge in [-0.2, -0.15) is 0 Å². The third-order valence-corrected chi connectivity index (χ3v) is 5.19. The highest BCUT2D eigenvalue weighted by Gasteiger charge is 2.31. The van der Waals surface area contributed by atoms with Crippen LogP contribution in [0.25, 0.3) is 10.9 Å². The van der Waals surface area contributed by atoms with Gasteiger partial charge >= 0.3 is 11.2 Å². The van der Waals surface area contributed by atoms with Crippen LogP contribution in [0.3, 0.4) is 0 Å². The molecule has 4 rings (SSSR count). The Balaban J connectivity index is 1.60. The van der Waals surface area contributed by atoms with Crippen LogP contribution in [0, 0.1) is 16.0 Å². The average Bonchev–Trinajstić information content (AvgIpc) is 3.11. The van der Waals surface area contributed by atoms with Gasteiger partial charge in [-0.25, -0.2) is 4.98 Å². The maximum atomic E-state index is 12.5. The Morgan fingerprint density at radius 3 is 2.81 bits per heavy atom. The maximum Gasteiger partial charge on any atom is 0.357 e. The molecule has 134 valence electrons. The number of anilines is 1. The van der Waals surface area contributed by atoms with E-state index in [4.69, 9.17) is 0 Å². The monoisotopic (exact) mass is 353 g/mol. The Kier molecular flexibility index (Phi) is 3.95. The lowest BCUT2D eigenvalue weighted by Gasteiger charge is -2.36. The molecular weight excluding hydrogens is 334 g/mol. The molecular formula is C18H19N5O3. The molecule has 1 aromatic carbocycles. The summed E-state index contributed by atoms with van der Waals surface area (Å²) >= 11 is 0. The highest BCUT2D eigenvalue weighted by Crippen LogP contribution is 2.38. The number of aromatic nitrogens is 3. The zero-order valence-corrected chi connectivity index (χ0v) is 14.3. The average molecular weight is 353 g/mol. The topological polar surface area (TPSA) is 95.0 Å². The van der Waals surface area contributed by atoms with Gasteiger partial charge in [0.25, 0.3) is 0 Å². The molecule has 26 heavy (non-hydrogen) atoms. The number of hydrogen-bond acceptors (Lipinski definition) is 5. The van der Waals surface area contributed by atoms with Crippen LogP contribution in [0.4, 0.5) is 11.4 Å². The molecule has 0 spiro atoms. The highest BCUT2D eigenvalue weighted by molar-refractivity contribution is 5.96. The molecule has 0 atom stereocenters. The van der Waals surface area contributed by atoms with E-state index in [9.17, 15) is 14.9 Å². The van der Waals surface area contributed by atoms with Crippen LogP contribution >= 0.6 is 0 Å². The summed E-state index contributed by atoms with van der Waals surface area (Å²) in [6, 6.07) is 7.67. The Labute approximate surface area is 149 Å². The van der Waals surface area contributed by atoms with Gasteiger partial charge in [-0.1, -0.05) is 18.2 Å². The van der Waals surface area contributed by atoms with Gasteiger partial charge in [-0.15, -0.1) is 0 Å². The van der Waals surface area contributed by atoms with Crippen LogP contribution < -0.4 is 10.9 Å². The van der Waals surface area contributed by atoms with Gasteiger partial charge in [-0.3, -0.25) is 14.9 Å². The van der Waals surface area contributed by atoms with Crippen molar-refractivity contribution in [2.45, 2.75) is 18.9 Å². The first-order valence-corrected chi connectivity index (χ1v) is 8.53. The summed E-state index contributed by atoms with van der Waals surface area (Å²) in [5.41, 5.74) is 0.00747. The fourth-order valence-electron chi connectivity index (χ4n) is 3.67. The summed E-state index contributed by atoms with van der Waals surface area (Å²) in [5.74, 6) is 0.407. The summed E-state index contributed by atoms with van der Waals surface area (Å²) in [6.45, 7) is 0.600. The summed E-state index contributed by atoms with van der Waals surface area (Å²) in [4.78, 5) is 27.4. The predicted molar refractivity (Wildman–Crippen MR) is 98.3 cm³/mol. The van der Waals surface area contributed by atoms with Gasteiger partial charge in [0.2, 0.25) is 0 Å². The second kappa shape index (κ2) is 6.29. The molecule has 2 heterocycles. The number of imidazole rings is 1. The van der Waals surface area contributed by atoms with Crippen molar-refractivity contribution in [3.05, 3.63) is 63.5 Å². The van der Waals surface area contributed by atoms with E-state index >= 15 is 0 Å². The smallest absolute Gasteiger partial charge is 0.357 e. The number of nitrogens with one attached hydrogen (secondary N) is 1. The number of nitro groups is 1. The summed E-state index contributed by atoms with van der Waals surface area (Å²) in [5, 5.41) is 15.4. The fourth-order valence-corrected chi connectivity index (χ4v) is 3.67.